The molecule has 5 nitrogen and oxygen atoms in total. The molecule has 6 heteroatoms. The summed E-state index contributed by atoms with van der Waals surface area (Å²) in [5.74, 6) is 0. The Morgan fingerprint density at radius 2 is 1.22 bits per heavy atom. The topological polar surface area (TPSA) is 49.3 Å². The van der Waals surface area contributed by atoms with E-state index in [0.717, 1.165) is 21.7 Å². The van der Waals surface area contributed by atoms with Crippen LogP contribution in [0.15, 0.2) is 96.0 Å². The Kier molecular flexibility index (Phi) is 12.9. The third-order valence-electron chi connectivity index (χ3n) is 5.88. The fourth-order valence-corrected chi connectivity index (χ4v) is 4.64. The Hall–Kier alpha value is -2.48. The standard InChI is InChI=1S/C31H39NO4S/c1-24(34-21-28-16-10-6-11-17-28)31(35-22-29-18-12-7-13-19-29)30(36-26(3)37-25(2)32-4)23-33-20-27-14-8-5-9-15-27/h5-19,24,26,30-31H,20-23H2,1-4H3/b32-25-/t24-,26?,30-,31+/m1/s1. The second-order valence-corrected chi connectivity index (χ2v) is 10.4. The van der Waals surface area contributed by atoms with Crippen molar-refractivity contribution in [1.82, 2.24) is 0 Å². The Morgan fingerprint density at radius 3 is 1.73 bits per heavy atom. The highest BCUT2D eigenvalue weighted by Crippen LogP contribution is 2.23. The van der Waals surface area contributed by atoms with Gasteiger partial charge in [0.1, 0.15) is 17.6 Å². The predicted molar refractivity (Wildman–Crippen MR) is 153 cm³/mol. The van der Waals surface area contributed by atoms with Gasteiger partial charge in [0.15, 0.2) is 0 Å². The summed E-state index contributed by atoms with van der Waals surface area (Å²) < 4.78 is 25.5. The second-order valence-electron chi connectivity index (χ2n) is 8.87. The van der Waals surface area contributed by atoms with Crippen molar-refractivity contribution >= 4 is 16.8 Å². The first-order valence-electron chi connectivity index (χ1n) is 12.7. The largest absolute Gasteiger partial charge is 0.374 e. The molecule has 198 valence electrons. The van der Waals surface area contributed by atoms with Crippen molar-refractivity contribution in [3.05, 3.63) is 108 Å². The first kappa shape index (κ1) is 29.1. The molecule has 0 saturated heterocycles. The summed E-state index contributed by atoms with van der Waals surface area (Å²) in [4.78, 5) is 4.27. The Morgan fingerprint density at radius 1 is 0.730 bits per heavy atom. The number of rotatable bonds is 15. The van der Waals surface area contributed by atoms with Crippen LogP contribution in [0, 0.1) is 0 Å². The molecule has 0 N–H and O–H groups in total. The smallest absolute Gasteiger partial charge is 0.112 e. The summed E-state index contributed by atoms with van der Waals surface area (Å²) >= 11 is 1.59. The maximum absolute atomic E-state index is 6.54. The quantitative estimate of drug-likeness (QED) is 0.124. The first-order chi connectivity index (χ1) is 18.0. The van der Waals surface area contributed by atoms with E-state index < -0.39 is 0 Å². The molecule has 0 bridgehead atoms. The van der Waals surface area contributed by atoms with Crippen LogP contribution in [0.4, 0.5) is 0 Å². The van der Waals surface area contributed by atoms with Gasteiger partial charge >= 0.3 is 0 Å². The lowest BCUT2D eigenvalue weighted by molar-refractivity contribution is -0.162. The van der Waals surface area contributed by atoms with E-state index in [-0.39, 0.29) is 23.7 Å². The van der Waals surface area contributed by atoms with Crippen LogP contribution in [0.25, 0.3) is 0 Å². The maximum Gasteiger partial charge on any atom is 0.112 e. The average molecular weight is 522 g/mol. The molecule has 0 amide bonds. The molecular formula is C31H39NO4S. The third kappa shape index (κ3) is 10.8. The van der Waals surface area contributed by atoms with Gasteiger partial charge in [-0.2, -0.15) is 0 Å². The summed E-state index contributed by atoms with van der Waals surface area (Å²) in [7, 11) is 1.79. The van der Waals surface area contributed by atoms with Gasteiger partial charge in [0, 0.05) is 7.05 Å². The first-order valence-corrected chi connectivity index (χ1v) is 13.6. The molecule has 37 heavy (non-hydrogen) atoms. The highest BCUT2D eigenvalue weighted by molar-refractivity contribution is 8.14. The van der Waals surface area contributed by atoms with E-state index in [0.29, 0.717) is 26.4 Å². The van der Waals surface area contributed by atoms with Crippen molar-refractivity contribution in [2.75, 3.05) is 13.7 Å². The summed E-state index contributed by atoms with van der Waals surface area (Å²) in [6, 6.07) is 30.5. The summed E-state index contributed by atoms with van der Waals surface area (Å²) in [5.41, 5.74) is 3.21. The molecular weight excluding hydrogens is 482 g/mol. The lowest BCUT2D eigenvalue weighted by Gasteiger charge is -2.33. The van der Waals surface area contributed by atoms with Gasteiger partial charge in [-0.05, 0) is 37.5 Å². The van der Waals surface area contributed by atoms with Crippen molar-refractivity contribution in [3.63, 3.8) is 0 Å². The van der Waals surface area contributed by atoms with Crippen LogP contribution in [-0.4, -0.2) is 42.4 Å². The lowest BCUT2D eigenvalue weighted by atomic mass is 10.1. The molecule has 0 aliphatic carbocycles. The molecule has 3 aromatic rings. The Balaban J connectivity index is 1.75. The number of benzene rings is 3. The monoisotopic (exact) mass is 521 g/mol. The van der Waals surface area contributed by atoms with Crippen LogP contribution in [0.3, 0.4) is 0 Å². The summed E-state index contributed by atoms with van der Waals surface area (Å²) in [5, 5.41) is 0.964. The molecule has 4 atom stereocenters. The molecule has 0 aliphatic heterocycles. The molecule has 0 spiro atoms. The average Bonchev–Trinajstić information content (AvgIpc) is 2.93. The van der Waals surface area contributed by atoms with Gasteiger partial charge in [-0.3, -0.25) is 4.99 Å². The number of aliphatic imine (C=N–C) groups is 1. The summed E-state index contributed by atoms with van der Waals surface area (Å²) in [6.45, 7) is 7.90. The molecule has 3 aromatic carbocycles. The highest BCUT2D eigenvalue weighted by atomic mass is 32.2. The van der Waals surface area contributed by atoms with Crippen molar-refractivity contribution in [2.24, 2.45) is 4.99 Å². The van der Waals surface area contributed by atoms with Crippen LogP contribution in [0.1, 0.15) is 37.5 Å². The molecule has 0 radical (unpaired) electrons. The fourth-order valence-electron chi connectivity index (χ4n) is 3.85. The fraction of sp³-hybridized carbons (Fsp3) is 0.387. The van der Waals surface area contributed by atoms with Gasteiger partial charge in [0.25, 0.3) is 0 Å². The van der Waals surface area contributed by atoms with Crippen LogP contribution < -0.4 is 0 Å². The zero-order valence-corrected chi connectivity index (χ0v) is 23.1. The Labute approximate surface area is 226 Å². The van der Waals surface area contributed by atoms with Crippen LogP contribution in [0.5, 0.6) is 0 Å². The van der Waals surface area contributed by atoms with Gasteiger partial charge in [0.05, 0.1) is 37.6 Å². The second kappa shape index (κ2) is 16.4. The van der Waals surface area contributed by atoms with E-state index in [1.165, 1.54) is 0 Å². The SMILES string of the molecule is C/N=C(/C)SC(C)O[C@H](COCc1ccccc1)[C@@H](OCc1ccccc1)[C@@H](C)OCc1ccccc1. The van der Waals surface area contributed by atoms with Crippen LogP contribution in [0.2, 0.25) is 0 Å². The van der Waals surface area contributed by atoms with E-state index >= 15 is 0 Å². The molecule has 0 fully saturated rings. The predicted octanol–water partition coefficient (Wildman–Crippen LogP) is 6.91. The molecule has 0 heterocycles. The minimum atomic E-state index is -0.346. The number of hydrogen-bond donors (Lipinski definition) is 0. The van der Waals surface area contributed by atoms with Gasteiger partial charge in [-0.15, -0.1) is 0 Å². The molecule has 3 rings (SSSR count). The molecule has 1 unspecified atom stereocenters. The van der Waals surface area contributed by atoms with Crippen molar-refractivity contribution in [2.45, 2.75) is 64.3 Å². The van der Waals surface area contributed by atoms with Crippen molar-refractivity contribution in [3.8, 4) is 0 Å². The van der Waals surface area contributed by atoms with E-state index in [1.54, 1.807) is 18.8 Å². The van der Waals surface area contributed by atoms with E-state index in [1.807, 2.05) is 75.4 Å². The normalized spacial score (nSPS) is 15.2. The number of nitrogens with zero attached hydrogens (tertiary/aromatic N) is 1. The Bertz CT molecular complexity index is 1030. The van der Waals surface area contributed by atoms with Gasteiger partial charge in [0.2, 0.25) is 0 Å². The van der Waals surface area contributed by atoms with Crippen LogP contribution >= 0.6 is 11.8 Å². The number of hydrogen-bond acceptors (Lipinski definition) is 6. The molecule has 0 aromatic heterocycles. The number of thioether (sulfide) groups is 1. The highest BCUT2D eigenvalue weighted by Gasteiger charge is 2.31. The minimum absolute atomic E-state index is 0.127. The summed E-state index contributed by atoms with van der Waals surface area (Å²) in [6.07, 6.45) is -0.917. The molecule has 0 saturated carbocycles. The zero-order chi connectivity index (χ0) is 26.3. The van der Waals surface area contributed by atoms with Crippen LogP contribution in [-0.2, 0) is 38.8 Å². The lowest BCUT2D eigenvalue weighted by Crippen LogP contribution is -2.45. The van der Waals surface area contributed by atoms with Crippen molar-refractivity contribution < 1.29 is 18.9 Å². The van der Waals surface area contributed by atoms with Crippen molar-refractivity contribution in [1.29, 1.82) is 0 Å². The number of ether oxygens (including phenoxy) is 4. The van der Waals surface area contributed by atoms with E-state index in [2.05, 4.69) is 41.4 Å². The molecule has 0 aliphatic rings. The van der Waals surface area contributed by atoms with Gasteiger partial charge in [-0.25, -0.2) is 0 Å². The van der Waals surface area contributed by atoms with E-state index in [4.69, 9.17) is 18.9 Å². The minimum Gasteiger partial charge on any atom is -0.374 e. The maximum atomic E-state index is 6.54. The van der Waals surface area contributed by atoms with Gasteiger partial charge < -0.3 is 18.9 Å². The van der Waals surface area contributed by atoms with E-state index in [9.17, 15) is 0 Å². The van der Waals surface area contributed by atoms with Gasteiger partial charge in [-0.1, -0.05) is 103 Å². The third-order valence-corrected chi connectivity index (χ3v) is 6.85. The zero-order valence-electron chi connectivity index (χ0n) is 22.3.